The molecule has 92 valence electrons. The summed E-state index contributed by atoms with van der Waals surface area (Å²) >= 11 is 5.24. The van der Waals surface area contributed by atoms with E-state index in [-0.39, 0.29) is 0 Å². The lowest BCUT2D eigenvalue weighted by atomic mass is 10.2. The quantitative estimate of drug-likeness (QED) is 0.927. The van der Waals surface area contributed by atoms with E-state index in [9.17, 15) is 0 Å². The molecule has 3 nitrogen and oxygen atoms in total. The van der Waals surface area contributed by atoms with Gasteiger partial charge in [-0.25, -0.2) is 0 Å². The molecule has 0 aliphatic carbocycles. The maximum absolute atomic E-state index is 4.41. The second kappa shape index (κ2) is 4.82. The molecule has 2 heterocycles. The van der Waals surface area contributed by atoms with Gasteiger partial charge in [0.2, 0.25) is 0 Å². The summed E-state index contributed by atoms with van der Waals surface area (Å²) in [7, 11) is 1.97. The number of rotatable bonds is 3. The maximum atomic E-state index is 4.41. The first-order chi connectivity index (χ1) is 7.99. The molecule has 5 heteroatoms. The predicted molar refractivity (Wildman–Crippen MR) is 76.7 cm³/mol. The smallest absolute Gasteiger partial charge is 0.0828 e. The molecule has 2 aromatic rings. The van der Waals surface area contributed by atoms with E-state index in [1.807, 2.05) is 18.7 Å². The molecular formula is C12H16BrN3S. The molecule has 0 radical (unpaired) electrons. The molecule has 0 aliphatic heterocycles. The standard InChI is InChI=1S/C12H16BrN3S/c1-7(11-5-10(13)6-17-11)14-12-8(2)15-16(4)9(12)3/h5-7,14H,1-4H3. The predicted octanol–water partition coefficient (Wildman–Crippen LogP) is 4.03. The van der Waals surface area contributed by atoms with Crippen LogP contribution in [0.3, 0.4) is 0 Å². The third-order valence-corrected chi connectivity index (χ3v) is 4.76. The summed E-state index contributed by atoms with van der Waals surface area (Å²) in [5.74, 6) is 0. The summed E-state index contributed by atoms with van der Waals surface area (Å²) in [4.78, 5) is 1.32. The van der Waals surface area contributed by atoms with Gasteiger partial charge in [0.05, 0.1) is 23.1 Å². The van der Waals surface area contributed by atoms with E-state index >= 15 is 0 Å². The van der Waals surface area contributed by atoms with Gasteiger partial charge in [0.1, 0.15) is 0 Å². The fourth-order valence-electron chi connectivity index (χ4n) is 1.83. The van der Waals surface area contributed by atoms with E-state index in [2.05, 4.69) is 51.6 Å². The van der Waals surface area contributed by atoms with Crippen molar-refractivity contribution in [2.45, 2.75) is 26.8 Å². The van der Waals surface area contributed by atoms with Gasteiger partial charge in [0.25, 0.3) is 0 Å². The number of halogens is 1. The Morgan fingerprint density at radius 3 is 2.65 bits per heavy atom. The van der Waals surface area contributed by atoms with Crippen LogP contribution < -0.4 is 5.32 Å². The minimum absolute atomic E-state index is 0.299. The summed E-state index contributed by atoms with van der Waals surface area (Å²) < 4.78 is 3.06. The van der Waals surface area contributed by atoms with Crippen LogP contribution in [-0.2, 0) is 7.05 Å². The van der Waals surface area contributed by atoms with Crippen LogP contribution in [0.5, 0.6) is 0 Å². The molecule has 17 heavy (non-hydrogen) atoms. The average Bonchev–Trinajstić information content (AvgIpc) is 2.79. The SMILES string of the molecule is Cc1nn(C)c(C)c1NC(C)c1cc(Br)cs1. The van der Waals surface area contributed by atoms with Crippen LogP contribution >= 0.6 is 27.3 Å². The van der Waals surface area contributed by atoms with Crippen molar-refractivity contribution < 1.29 is 0 Å². The highest BCUT2D eigenvalue weighted by molar-refractivity contribution is 9.10. The third kappa shape index (κ3) is 2.55. The van der Waals surface area contributed by atoms with E-state index in [4.69, 9.17) is 0 Å². The number of aromatic nitrogens is 2. The van der Waals surface area contributed by atoms with Crippen LogP contribution in [0.25, 0.3) is 0 Å². The lowest BCUT2D eigenvalue weighted by Crippen LogP contribution is -2.06. The third-order valence-electron chi connectivity index (χ3n) is 2.88. The Bertz CT molecular complexity index is 530. The van der Waals surface area contributed by atoms with Gasteiger partial charge < -0.3 is 5.32 Å². The van der Waals surface area contributed by atoms with Crippen molar-refractivity contribution >= 4 is 33.0 Å². The minimum atomic E-state index is 0.299. The van der Waals surface area contributed by atoms with Gasteiger partial charge in [-0.1, -0.05) is 0 Å². The van der Waals surface area contributed by atoms with Crippen LogP contribution in [0.1, 0.15) is 29.2 Å². The number of hydrogen-bond acceptors (Lipinski definition) is 3. The minimum Gasteiger partial charge on any atom is -0.375 e. The zero-order chi connectivity index (χ0) is 12.6. The normalized spacial score (nSPS) is 12.8. The van der Waals surface area contributed by atoms with Crippen LogP contribution in [0, 0.1) is 13.8 Å². The Morgan fingerprint density at radius 1 is 1.47 bits per heavy atom. The topological polar surface area (TPSA) is 29.9 Å². The zero-order valence-electron chi connectivity index (χ0n) is 10.4. The molecule has 1 N–H and O–H groups in total. The first-order valence-electron chi connectivity index (χ1n) is 5.49. The van der Waals surface area contributed by atoms with Gasteiger partial charge in [-0.05, 0) is 42.8 Å². The van der Waals surface area contributed by atoms with Gasteiger partial charge in [0.15, 0.2) is 0 Å². The second-order valence-corrected chi connectivity index (χ2v) is 6.06. The Hall–Kier alpha value is -0.810. The summed E-state index contributed by atoms with van der Waals surface area (Å²) in [5, 5.41) is 10.1. The molecule has 0 saturated carbocycles. The molecule has 0 aliphatic rings. The van der Waals surface area contributed by atoms with E-state index in [1.54, 1.807) is 11.3 Å². The van der Waals surface area contributed by atoms with Crippen molar-refractivity contribution in [1.29, 1.82) is 0 Å². The Morgan fingerprint density at radius 2 is 2.18 bits per heavy atom. The molecule has 0 bridgehead atoms. The van der Waals surface area contributed by atoms with E-state index in [0.717, 1.165) is 15.9 Å². The molecule has 1 atom stereocenters. The lowest BCUT2D eigenvalue weighted by Gasteiger charge is -2.13. The second-order valence-electron chi connectivity index (χ2n) is 4.20. The van der Waals surface area contributed by atoms with Crippen LogP contribution in [-0.4, -0.2) is 9.78 Å². The van der Waals surface area contributed by atoms with Crippen molar-refractivity contribution in [3.63, 3.8) is 0 Å². The fraction of sp³-hybridized carbons (Fsp3) is 0.417. The van der Waals surface area contributed by atoms with Gasteiger partial charge in [-0.3, -0.25) is 4.68 Å². The van der Waals surface area contributed by atoms with Crippen LogP contribution in [0.4, 0.5) is 5.69 Å². The Labute approximate surface area is 114 Å². The van der Waals surface area contributed by atoms with Gasteiger partial charge in [-0.15, -0.1) is 11.3 Å². The largest absolute Gasteiger partial charge is 0.375 e. The lowest BCUT2D eigenvalue weighted by molar-refractivity contribution is 0.731. The van der Waals surface area contributed by atoms with Gasteiger partial charge >= 0.3 is 0 Å². The van der Waals surface area contributed by atoms with Crippen molar-refractivity contribution in [3.8, 4) is 0 Å². The summed E-state index contributed by atoms with van der Waals surface area (Å²) in [6, 6.07) is 2.46. The van der Waals surface area contributed by atoms with Crippen molar-refractivity contribution in [3.05, 3.63) is 32.2 Å². The van der Waals surface area contributed by atoms with Crippen molar-refractivity contribution in [2.24, 2.45) is 7.05 Å². The van der Waals surface area contributed by atoms with Crippen LogP contribution in [0.2, 0.25) is 0 Å². The number of anilines is 1. The van der Waals surface area contributed by atoms with E-state index in [1.165, 1.54) is 10.6 Å². The van der Waals surface area contributed by atoms with Crippen LogP contribution in [0.15, 0.2) is 15.9 Å². The van der Waals surface area contributed by atoms with E-state index < -0.39 is 0 Å². The first-order valence-corrected chi connectivity index (χ1v) is 7.17. The highest BCUT2D eigenvalue weighted by Gasteiger charge is 2.14. The number of nitrogens with one attached hydrogen (secondary N) is 1. The number of aryl methyl sites for hydroxylation is 2. The monoisotopic (exact) mass is 313 g/mol. The number of nitrogens with zero attached hydrogens (tertiary/aromatic N) is 2. The Kier molecular flexibility index (Phi) is 3.58. The molecule has 0 aromatic carbocycles. The molecule has 0 fully saturated rings. The van der Waals surface area contributed by atoms with Gasteiger partial charge in [0, 0.05) is 21.8 Å². The average molecular weight is 314 g/mol. The first kappa shape index (κ1) is 12.6. The molecule has 0 spiro atoms. The molecule has 0 saturated heterocycles. The fourth-order valence-corrected chi connectivity index (χ4v) is 3.28. The maximum Gasteiger partial charge on any atom is 0.0828 e. The molecule has 2 rings (SSSR count). The number of hydrogen-bond donors (Lipinski definition) is 1. The number of thiophene rings is 1. The highest BCUT2D eigenvalue weighted by Crippen LogP contribution is 2.29. The van der Waals surface area contributed by atoms with E-state index in [0.29, 0.717) is 6.04 Å². The molecular weight excluding hydrogens is 298 g/mol. The van der Waals surface area contributed by atoms with Gasteiger partial charge in [-0.2, -0.15) is 5.10 Å². The summed E-state index contributed by atoms with van der Waals surface area (Å²) in [5.41, 5.74) is 3.36. The molecule has 2 aromatic heterocycles. The van der Waals surface area contributed by atoms with Crippen molar-refractivity contribution in [1.82, 2.24) is 9.78 Å². The highest BCUT2D eigenvalue weighted by atomic mass is 79.9. The molecule has 1 unspecified atom stereocenters. The van der Waals surface area contributed by atoms with Crippen molar-refractivity contribution in [2.75, 3.05) is 5.32 Å². The summed E-state index contributed by atoms with van der Waals surface area (Å²) in [6.45, 7) is 6.29. The zero-order valence-corrected chi connectivity index (χ0v) is 12.8. The summed E-state index contributed by atoms with van der Waals surface area (Å²) in [6.07, 6.45) is 0. The molecule has 0 amide bonds. The Balaban J connectivity index is 2.21.